The van der Waals surface area contributed by atoms with Crippen LogP contribution >= 0.6 is 0 Å². The van der Waals surface area contributed by atoms with Gasteiger partial charge in [0.25, 0.3) is 0 Å². The number of aliphatic hydroxyl groups is 1. The predicted octanol–water partition coefficient (Wildman–Crippen LogP) is 6.97. The lowest BCUT2D eigenvalue weighted by atomic mass is 10.0. The minimum Gasteiger partial charge on any atom is -0.444 e. The number of ether oxygens (including phenoxy) is 2. The van der Waals surface area contributed by atoms with Crippen LogP contribution in [0.2, 0.25) is 0 Å². The molecule has 2 aromatic rings. The number of nitrogens with zero attached hydrogens (tertiary/aromatic N) is 4. The molecule has 1 saturated carbocycles. The van der Waals surface area contributed by atoms with Crippen LogP contribution in [-0.2, 0) is 21.4 Å². The Bertz CT molecular complexity index is 1210. The number of hydrogen-bond acceptors (Lipinski definition) is 7. The van der Waals surface area contributed by atoms with E-state index in [1.165, 1.54) is 0 Å². The van der Waals surface area contributed by atoms with Crippen molar-refractivity contribution in [3.05, 3.63) is 35.8 Å². The standard InChI is InChI=1S/C32H51N5O5/c1-30(2,3)37-27(21-26(35-37)22-14-15-25(38)19-22)36(29(40)42-32(7,8)9)24-16-18-33-23(20-24)13-11-10-12-17-34-28(39)41-31(4,5)6/h16,18,20-22,25,38H,10-15,17,19H2,1-9H3,(H,34,39)/t22-,25+/m0/s1. The van der Waals surface area contributed by atoms with Gasteiger partial charge in [-0.2, -0.15) is 5.10 Å². The summed E-state index contributed by atoms with van der Waals surface area (Å²) in [5, 5.41) is 17.9. The highest BCUT2D eigenvalue weighted by molar-refractivity contribution is 5.95. The quantitative estimate of drug-likeness (QED) is 0.305. The number of rotatable bonds is 9. The third-order valence-corrected chi connectivity index (χ3v) is 6.81. The molecule has 10 nitrogen and oxygen atoms in total. The second-order valence-corrected chi connectivity index (χ2v) is 14.2. The van der Waals surface area contributed by atoms with Crippen LogP contribution in [0.1, 0.15) is 118 Å². The van der Waals surface area contributed by atoms with Crippen LogP contribution in [0, 0.1) is 0 Å². The van der Waals surface area contributed by atoms with Gasteiger partial charge in [-0.05, 0) is 113 Å². The number of nitrogens with one attached hydrogen (secondary N) is 1. The maximum Gasteiger partial charge on any atom is 0.420 e. The molecule has 2 amide bonds. The number of hydrogen-bond donors (Lipinski definition) is 2. The van der Waals surface area contributed by atoms with Crippen LogP contribution < -0.4 is 10.2 Å². The van der Waals surface area contributed by atoms with E-state index < -0.39 is 28.9 Å². The molecule has 2 heterocycles. The maximum absolute atomic E-state index is 13.8. The van der Waals surface area contributed by atoms with Gasteiger partial charge in [-0.1, -0.05) is 6.42 Å². The fourth-order valence-electron chi connectivity index (χ4n) is 4.96. The fourth-order valence-corrected chi connectivity index (χ4v) is 4.96. The number of pyridine rings is 1. The number of unbranched alkanes of at least 4 members (excludes halogenated alkanes) is 2. The molecule has 1 fully saturated rings. The van der Waals surface area contributed by atoms with E-state index in [4.69, 9.17) is 14.6 Å². The summed E-state index contributed by atoms with van der Waals surface area (Å²) in [7, 11) is 0. The van der Waals surface area contributed by atoms with Crippen molar-refractivity contribution >= 4 is 23.7 Å². The Morgan fingerprint density at radius 3 is 2.29 bits per heavy atom. The summed E-state index contributed by atoms with van der Waals surface area (Å²) in [5.74, 6) is 0.763. The highest BCUT2D eigenvalue weighted by atomic mass is 16.6. The van der Waals surface area contributed by atoms with E-state index in [2.05, 4.69) is 31.1 Å². The smallest absolute Gasteiger partial charge is 0.420 e. The van der Waals surface area contributed by atoms with Crippen LogP contribution in [-0.4, -0.2) is 55.9 Å². The lowest BCUT2D eigenvalue weighted by Crippen LogP contribution is -2.37. The number of anilines is 2. The molecule has 2 aromatic heterocycles. The zero-order valence-electron chi connectivity index (χ0n) is 27.0. The molecule has 10 heteroatoms. The molecular formula is C32H51N5O5. The summed E-state index contributed by atoms with van der Waals surface area (Å²) in [6.07, 6.45) is 6.13. The second kappa shape index (κ2) is 13.4. The highest BCUT2D eigenvalue weighted by Crippen LogP contribution is 2.39. The Morgan fingerprint density at radius 2 is 1.69 bits per heavy atom. The van der Waals surface area contributed by atoms with Crippen molar-refractivity contribution in [2.75, 3.05) is 11.4 Å². The molecule has 0 aliphatic heterocycles. The Kier molecular flexibility index (Phi) is 10.7. The molecule has 2 atom stereocenters. The Morgan fingerprint density at radius 1 is 1.00 bits per heavy atom. The second-order valence-electron chi connectivity index (χ2n) is 14.2. The first-order valence-electron chi connectivity index (χ1n) is 15.2. The van der Waals surface area contributed by atoms with Crippen molar-refractivity contribution in [2.45, 2.75) is 136 Å². The molecule has 0 spiro atoms. The van der Waals surface area contributed by atoms with Crippen LogP contribution in [0.15, 0.2) is 24.4 Å². The van der Waals surface area contributed by atoms with Crippen molar-refractivity contribution in [3.8, 4) is 0 Å². The molecular weight excluding hydrogens is 534 g/mol. The summed E-state index contributed by atoms with van der Waals surface area (Å²) >= 11 is 0. The summed E-state index contributed by atoms with van der Waals surface area (Å²) in [6, 6.07) is 5.72. The van der Waals surface area contributed by atoms with Crippen molar-refractivity contribution in [1.29, 1.82) is 0 Å². The molecule has 2 N–H and O–H groups in total. The number of carbonyl (C=O) groups is 2. The average Bonchev–Trinajstić information content (AvgIpc) is 3.46. The third-order valence-electron chi connectivity index (χ3n) is 6.81. The Labute approximate surface area is 251 Å². The summed E-state index contributed by atoms with van der Waals surface area (Å²) in [4.78, 5) is 31.8. The topological polar surface area (TPSA) is 119 Å². The van der Waals surface area contributed by atoms with Gasteiger partial charge in [-0.3, -0.25) is 4.98 Å². The number of aliphatic hydroxyl groups excluding tert-OH is 1. The molecule has 0 saturated heterocycles. The van der Waals surface area contributed by atoms with Crippen molar-refractivity contribution in [3.63, 3.8) is 0 Å². The van der Waals surface area contributed by atoms with Gasteiger partial charge in [-0.25, -0.2) is 19.2 Å². The molecule has 0 bridgehead atoms. The first-order valence-corrected chi connectivity index (χ1v) is 15.2. The normalized spacial score (nSPS) is 17.7. The molecule has 0 radical (unpaired) electrons. The van der Waals surface area contributed by atoms with E-state index >= 15 is 0 Å². The molecule has 1 aliphatic carbocycles. The minimum absolute atomic E-state index is 0.139. The number of carbonyl (C=O) groups excluding carboxylic acids is 2. The van der Waals surface area contributed by atoms with Gasteiger partial charge in [0.1, 0.15) is 17.0 Å². The average molecular weight is 586 g/mol. The van der Waals surface area contributed by atoms with Gasteiger partial charge in [0.2, 0.25) is 0 Å². The van der Waals surface area contributed by atoms with E-state index in [0.717, 1.165) is 49.9 Å². The summed E-state index contributed by atoms with van der Waals surface area (Å²) in [5.41, 5.74) is 0.780. The van der Waals surface area contributed by atoms with E-state index in [1.54, 1.807) is 11.1 Å². The van der Waals surface area contributed by atoms with Crippen LogP contribution in [0.4, 0.5) is 21.1 Å². The van der Waals surface area contributed by atoms with Crippen LogP contribution in [0.5, 0.6) is 0 Å². The highest BCUT2D eigenvalue weighted by Gasteiger charge is 2.34. The van der Waals surface area contributed by atoms with E-state index in [-0.39, 0.29) is 12.0 Å². The van der Waals surface area contributed by atoms with Gasteiger partial charge in [0.15, 0.2) is 0 Å². The monoisotopic (exact) mass is 585 g/mol. The number of aromatic nitrogens is 3. The van der Waals surface area contributed by atoms with E-state index in [1.807, 2.05) is 64.4 Å². The van der Waals surface area contributed by atoms with Gasteiger partial charge < -0.3 is 19.9 Å². The van der Waals surface area contributed by atoms with Crippen molar-refractivity contribution < 1.29 is 24.2 Å². The van der Waals surface area contributed by atoms with Crippen LogP contribution in [0.25, 0.3) is 0 Å². The van der Waals surface area contributed by atoms with Gasteiger partial charge in [-0.15, -0.1) is 0 Å². The lowest BCUT2D eigenvalue weighted by molar-refractivity contribution is 0.0525. The molecule has 234 valence electrons. The number of aryl methyl sites for hydroxylation is 1. The van der Waals surface area contributed by atoms with E-state index in [0.29, 0.717) is 24.5 Å². The predicted molar refractivity (Wildman–Crippen MR) is 164 cm³/mol. The Balaban J connectivity index is 1.80. The molecule has 0 aromatic carbocycles. The SMILES string of the molecule is CC(C)(C)OC(=O)NCCCCCc1cc(N(C(=O)OC(C)(C)C)c2cc([C@H]3CC[C@@H](O)C3)nn2C(C)(C)C)ccn1. The first kappa shape index (κ1) is 33.4. The molecule has 3 rings (SSSR count). The lowest BCUT2D eigenvalue weighted by Gasteiger charge is -2.30. The third kappa shape index (κ3) is 10.00. The molecule has 42 heavy (non-hydrogen) atoms. The zero-order chi connectivity index (χ0) is 31.3. The van der Waals surface area contributed by atoms with Gasteiger partial charge in [0.05, 0.1) is 23.0 Å². The minimum atomic E-state index is -0.691. The van der Waals surface area contributed by atoms with Crippen LogP contribution in [0.3, 0.4) is 0 Å². The van der Waals surface area contributed by atoms with E-state index in [9.17, 15) is 14.7 Å². The first-order chi connectivity index (χ1) is 19.4. The van der Waals surface area contributed by atoms with Gasteiger partial charge in [0, 0.05) is 30.4 Å². The van der Waals surface area contributed by atoms with Crippen molar-refractivity contribution in [2.24, 2.45) is 0 Å². The number of alkyl carbamates (subject to hydrolysis) is 1. The fraction of sp³-hybridized carbons (Fsp3) is 0.688. The molecule has 1 aliphatic rings. The summed E-state index contributed by atoms with van der Waals surface area (Å²) in [6.45, 7) is 17.8. The maximum atomic E-state index is 13.8. The van der Waals surface area contributed by atoms with Crippen molar-refractivity contribution in [1.82, 2.24) is 20.1 Å². The Hall–Kier alpha value is -3.14. The van der Waals surface area contributed by atoms with Gasteiger partial charge >= 0.3 is 12.2 Å². The molecule has 0 unspecified atom stereocenters. The largest absolute Gasteiger partial charge is 0.444 e. The summed E-state index contributed by atoms with van der Waals surface area (Å²) < 4.78 is 13.0. The number of amides is 2. The zero-order valence-corrected chi connectivity index (χ0v) is 27.0.